The van der Waals surface area contributed by atoms with Gasteiger partial charge in [0.1, 0.15) is 0 Å². The molecule has 14 rings (SSSR count). The average Bonchev–Trinajstić information content (AvgIpc) is 4.03. The fraction of sp³-hybridized carbons (Fsp3) is 0. The van der Waals surface area contributed by atoms with Crippen LogP contribution < -0.4 is 41.5 Å². The Labute approximate surface area is 445 Å². The van der Waals surface area contributed by atoms with Crippen LogP contribution in [-0.2, 0) is 0 Å². The maximum absolute atomic E-state index is 2.89. The quantitative estimate of drug-likeness (QED) is 0.0903. The monoisotopic (exact) mass is 1000 g/mol. The SMILES string of the molecule is c1ccc(-c2cccc([Si](c3ccccc3)(c3ccccc3)c3ccc(-n4c5ccccc5c5cc(-n6c7ccccc7c7c([Si](c8ccccc8)(c8ccccc8)c8ccccc8)cccc76)ccc54)cc3)c2)cc1. The molecule has 0 radical (unpaired) electrons. The summed E-state index contributed by atoms with van der Waals surface area (Å²) in [6.45, 7) is 0. The fourth-order valence-electron chi connectivity index (χ4n) is 12.8. The number of benzene rings is 12. The van der Waals surface area contributed by atoms with E-state index in [0.29, 0.717) is 0 Å². The minimum atomic E-state index is -2.89. The lowest BCUT2D eigenvalue weighted by Gasteiger charge is -2.35. The van der Waals surface area contributed by atoms with Crippen molar-refractivity contribution in [3.63, 3.8) is 0 Å². The van der Waals surface area contributed by atoms with Gasteiger partial charge in [-0.1, -0.05) is 267 Å². The Kier molecular flexibility index (Phi) is 11.2. The van der Waals surface area contributed by atoms with Gasteiger partial charge in [0.05, 0.1) is 22.1 Å². The van der Waals surface area contributed by atoms with Crippen molar-refractivity contribution in [2.24, 2.45) is 0 Å². The van der Waals surface area contributed by atoms with E-state index >= 15 is 0 Å². The van der Waals surface area contributed by atoms with E-state index in [1.54, 1.807) is 0 Å². The van der Waals surface area contributed by atoms with E-state index in [1.165, 1.54) is 96.2 Å². The van der Waals surface area contributed by atoms with Gasteiger partial charge in [0, 0.05) is 32.9 Å². The molecule has 0 amide bonds. The molecule has 2 nitrogen and oxygen atoms in total. The zero-order valence-corrected chi connectivity index (χ0v) is 43.9. The summed E-state index contributed by atoms with van der Waals surface area (Å²) in [4.78, 5) is 0. The Morgan fingerprint density at radius 3 is 1.16 bits per heavy atom. The van der Waals surface area contributed by atoms with Crippen LogP contribution in [0.25, 0.3) is 66.1 Å². The van der Waals surface area contributed by atoms with Crippen molar-refractivity contribution in [2.45, 2.75) is 0 Å². The van der Waals surface area contributed by atoms with Crippen LogP contribution in [0.1, 0.15) is 0 Å². The number of rotatable bonds is 11. The third-order valence-corrected chi connectivity index (χ3v) is 25.6. The minimum absolute atomic E-state index is 1.13. The van der Waals surface area contributed by atoms with Gasteiger partial charge >= 0.3 is 0 Å². The van der Waals surface area contributed by atoms with Crippen molar-refractivity contribution < 1.29 is 0 Å². The number of aromatic nitrogens is 2. The highest BCUT2D eigenvalue weighted by atomic mass is 28.3. The summed E-state index contributed by atoms with van der Waals surface area (Å²) < 4.78 is 4.98. The third kappa shape index (κ3) is 7.14. The minimum Gasteiger partial charge on any atom is -0.309 e. The van der Waals surface area contributed by atoms with Gasteiger partial charge in [0.15, 0.2) is 16.1 Å². The summed E-state index contributed by atoms with van der Waals surface area (Å²) in [5.41, 5.74) is 9.48. The summed E-state index contributed by atoms with van der Waals surface area (Å²) in [5.74, 6) is 0. The second kappa shape index (κ2) is 18.9. The fourth-order valence-corrected chi connectivity index (χ4v) is 22.6. The molecule has 0 spiro atoms. The van der Waals surface area contributed by atoms with Crippen molar-refractivity contribution in [1.82, 2.24) is 9.13 Å². The highest BCUT2D eigenvalue weighted by Gasteiger charge is 2.44. The maximum Gasteiger partial charge on any atom is 0.180 e. The highest BCUT2D eigenvalue weighted by Crippen LogP contribution is 2.37. The molecular weight excluding hydrogens is 949 g/mol. The molecule has 0 aliphatic rings. The zero-order valence-electron chi connectivity index (χ0n) is 41.9. The second-order valence-electron chi connectivity index (χ2n) is 19.9. The van der Waals surface area contributed by atoms with Crippen molar-refractivity contribution in [2.75, 3.05) is 0 Å². The molecule has 0 saturated carbocycles. The average molecular weight is 1000 g/mol. The Morgan fingerprint density at radius 1 is 0.211 bits per heavy atom. The van der Waals surface area contributed by atoms with Crippen LogP contribution in [0.2, 0.25) is 0 Å². The van der Waals surface area contributed by atoms with Crippen molar-refractivity contribution in [3.8, 4) is 22.5 Å². The molecule has 0 N–H and O–H groups in total. The smallest absolute Gasteiger partial charge is 0.180 e. The van der Waals surface area contributed by atoms with Gasteiger partial charge in [-0.25, -0.2) is 0 Å². The van der Waals surface area contributed by atoms with Gasteiger partial charge in [-0.3, -0.25) is 0 Å². The largest absolute Gasteiger partial charge is 0.309 e. The first kappa shape index (κ1) is 45.3. The number of hydrogen-bond donors (Lipinski definition) is 0. The van der Waals surface area contributed by atoms with Crippen LogP contribution in [0.5, 0.6) is 0 Å². The normalized spacial score (nSPS) is 11.9. The topological polar surface area (TPSA) is 9.86 Å². The molecule has 2 heterocycles. The van der Waals surface area contributed by atoms with Crippen LogP contribution in [0, 0.1) is 0 Å². The Morgan fingerprint density at radius 2 is 0.592 bits per heavy atom. The molecule has 76 heavy (non-hydrogen) atoms. The molecule has 0 bridgehead atoms. The van der Waals surface area contributed by atoms with Crippen LogP contribution in [0.3, 0.4) is 0 Å². The lowest BCUT2D eigenvalue weighted by atomic mass is 10.1. The third-order valence-electron chi connectivity index (χ3n) is 16.0. The van der Waals surface area contributed by atoms with Crippen LogP contribution in [-0.4, -0.2) is 25.3 Å². The number of fused-ring (bicyclic) bond motifs is 6. The van der Waals surface area contributed by atoms with Gasteiger partial charge in [0.25, 0.3) is 0 Å². The molecule has 0 aliphatic heterocycles. The molecule has 0 unspecified atom stereocenters. The van der Waals surface area contributed by atoms with Crippen molar-refractivity contribution in [1.29, 1.82) is 0 Å². The molecule has 0 aliphatic carbocycles. The standard InChI is InChI=1S/C72H52N2Si2/c1-7-25-53(26-8-1)54-27-23-38-63(51-54)75(57-28-9-2-10-29-57,58-30-11-3-12-31-58)62-48-45-55(46-49-62)73-67-41-21-19-39-64(67)66-52-56(47-50-69(66)73)74-68-42-22-20-40-65(68)72-70(74)43-24-44-71(72)76(59-32-13-4-14-33-59,60-34-15-5-16-35-60)61-36-17-6-18-37-61/h1-52H. The molecule has 14 aromatic rings. The molecule has 0 fully saturated rings. The molecule has 4 heteroatoms. The van der Waals surface area contributed by atoms with Crippen molar-refractivity contribution >= 4 is 101 Å². The van der Waals surface area contributed by atoms with Crippen molar-refractivity contribution in [3.05, 3.63) is 315 Å². The van der Waals surface area contributed by atoms with Gasteiger partial charge in [-0.05, 0) is 101 Å². The molecule has 0 saturated heterocycles. The number of nitrogens with zero attached hydrogens (tertiary/aromatic N) is 2. The summed E-state index contributed by atoms with van der Waals surface area (Å²) in [7, 11) is -5.74. The highest BCUT2D eigenvalue weighted by molar-refractivity contribution is 7.21. The summed E-state index contributed by atoms with van der Waals surface area (Å²) >= 11 is 0. The van der Waals surface area contributed by atoms with E-state index in [9.17, 15) is 0 Å². The second-order valence-corrected chi connectivity index (χ2v) is 27.5. The Hall–Kier alpha value is -9.33. The Bertz CT molecular complexity index is 4230. The van der Waals surface area contributed by atoms with Gasteiger partial charge < -0.3 is 9.13 Å². The Balaban J connectivity index is 0.958. The van der Waals surface area contributed by atoms with E-state index in [0.717, 1.165) is 11.4 Å². The molecular formula is C72H52N2Si2. The van der Waals surface area contributed by atoms with E-state index in [2.05, 4.69) is 325 Å². The van der Waals surface area contributed by atoms with E-state index in [4.69, 9.17) is 0 Å². The van der Waals surface area contributed by atoms with Gasteiger partial charge in [-0.15, -0.1) is 0 Å². The first-order valence-electron chi connectivity index (χ1n) is 26.3. The molecule has 2 aromatic heterocycles. The van der Waals surface area contributed by atoms with E-state index in [1.807, 2.05) is 0 Å². The van der Waals surface area contributed by atoms with E-state index in [-0.39, 0.29) is 0 Å². The van der Waals surface area contributed by atoms with E-state index < -0.39 is 16.1 Å². The van der Waals surface area contributed by atoms with Gasteiger partial charge in [0.2, 0.25) is 0 Å². The lowest BCUT2D eigenvalue weighted by Crippen LogP contribution is -2.74. The lowest BCUT2D eigenvalue weighted by molar-refractivity contribution is 1.17. The van der Waals surface area contributed by atoms with Crippen LogP contribution in [0.4, 0.5) is 0 Å². The summed E-state index contributed by atoms with van der Waals surface area (Å²) in [6, 6.07) is 118. The summed E-state index contributed by atoms with van der Waals surface area (Å²) in [5, 5.41) is 15.9. The number of para-hydroxylation sites is 2. The maximum atomic E-state index is 2.51. The first-order chi connectivity index (χ1) is 37.7. The number of hydrogen-bond acceptors (Lipinski definition) is 0. The van der Waals surface area contributed by atoms with Gasteiger partial charge in [-0.2, -0.15) is 0 Å². The molecule has 358 valence electrons. The first-order valence-corrected chi connectivity index (χ1v) is 30.3. The zero-order chi connectivity index (χ0) is 50.5. The van der Waals surface area contributed by atoms with Crippen LogP contribution in [0.15, 0.2) is 315 Å². The molecule has 0 atom stereocenters. The van der Waals surface area contributed by atoms with Crippen LogP contribution >= 0.6 is 0 Å². The predicted octanol–water partition coefficient (Wildman–Crippen LogP) is 12.3. The summed E-state index contributed by atoms with van der Waals surface area (Å²) in [6.07, 6.45) is 0. The predicted molar refractivity (Wildman–Crippen MR) is 328 cm³/mol. The molecule has 12 aromatic carbocycles.